The first-order valence-corrected chi connectivity index (χ1v) is 16.5. The molecule has 4 fully saturated rings. The minimum atomic E-state index is -0.219. The van der Waals surface area contributed by atoms with Gasteiger partial charge in [-0.3, -0.25) is 9.59 Å². The number of nitrogens with one attached hydrogen (secondary N) is 2. The second-order valence-electron chi connectivity index (χ2n) is 13.1. The van der Waals surface area contributed by atoms with Gasteiger partial charge in [-0.25, -0.2) is 9.59 Å². The number of urea groups is 2. The first-order chi connectivity index (χ1) is 22.2. The van der Waals surface area contributed by atoms with Gasteiger partial charge in [-0.1, -0.05) is 24.3 Å². The summed E-state index contributed by atoms with van der Waals surface area (Å²) in [6.07, 6.45) is 1.33. The van der Waals surface area contributed by atoms with Crippen molar-refractivity contribution in [3.05, 3.63) is 48.5 Å². The van der Waals surface area contributed by atoms with E-state index in [1.54, 1.807) is 0 Å². The number of hydrogen-bond donors (Lipinski definition) is 2. The summed E-state index contributed by atoms with van der Waals surface area (Å²) in [7, 11) is 4.13. The summed E-state index contributed by atoms with van der Waals surface area (Å²) < 4.78 is 0. The summed E-state index contributed by atoms with van der Waals surface area (Å²) in [5.41, 5.74) is 3.43. The van der Waals surface area contributed by atoms with Crippen LogP contribution in [0, 0.1) is 11.8 Å². The van der Waals surface area contributed by atoms with E-state index in [0.717, 1.165) is 74.9 Å². The molecule has 4 aliphatic heterocycles. The molecule has 0 saturated carbocycles. The van der Waals surface area contributed by atoms with Crippen LogP contribution in [0.1, 0.15) is 12.8 Å². The van der Waals surface area contributed by atoms with Crippen LogP contribution in [0.4, 0.5) is 21.0 Å². The normalized spacial score (nSPS) is 22.7. The number of nitrogens with zero attached hydrogens (tertiary/aromatic N) is 6. The molecule has 0 aliphatic carbocycles. The molecular weight excluding hydrogens is 584 g/mol. The fraction of sp³-hybridized carbons (Fsp3) is 0.529. The Bertz CT molecular complexity index is 1290. The summed E-state index contributed by atoms with van der Waals surface area (Å²) in [5, 5.41) is 6.04. The lowest BCUT2D eigenvalue weighted by Crippen LogP contribution is -2.51. The molecule has 12 heteroatoms. The highest BCUT2D eigenvalue weighted by atomic mass is 16.2. The van der Waals surface area contributed by atoms with Crippen LogP contribution >= 0.6 is 0 Å². The molecule has 0 spiro atoms. The molecule has 2 N–H and O–H groups in total. The Morgan fingerprint density at radius 2 is 0.848 bits per heavy atom. The number of piperazine rings is 2. The summed E-state index contributed by atoms with van der Waals surface area (Å²) in [6.45, 7) is 8.53. The molecule has 246 valence electrons. The smallest absolute Gasteiger partial charge is 0.320 e. The molecule has 0 bridgehead atoms. The van der Waals surface area contributed by atoms with E-state index < -0.39 is 0 Å². The van der Waals surface area contributed by atoms with Crippen molar-refractivity contribution >= 4 is 35.3 Å². The largest absolute Gasteiger partial charge is 0.326 e. The number of benzene rings is 2. The minimum Gasteiger partial charge on any atom is -0.326 e. The first-order valence-electron chi connectivity index (χ1n) is 16.5. The molecule has 0 unspecified atom stereocenters. The van der Waals surface area contributed by atoms with Crippen molar-refractivity contribution in [1.82, 2.24) is 29.4 Å². The molecular formula is C34H46N8O4. The molecule has 4 aliphatic rings. The van der Waals surface area contributed by atoms with Crippen LogP contribution in [0.15, 0.2) is 48.5 Å². The van der Waals surface area contributed by atoms with Crippen LogP contribution < -0.4 is 10.6 Å². The van der Waals surface area contributed by atoms with E-state index in [-0.39, 0.29) is 35.7 Å². The van der Waals surface area contributed by atoms with Crippen molar-refractivity contribution in [3.63, 3.8) is 0 Å². The van der Waals surface area contributed by atoms with Gasteiger partial charge in [0.25, 0.3) is 0 Å². The molecule has 4 saturated heterocycles. The van der Waals surface area contributed by atoms with Gasteiger partial charge < -0.3 is 40.0 Å². The number of carbonyl (C=O) groups excluding carboxylic acids is 4. The quantitative estimate of drug-likeness (QED) is 0.526. The molecule has 2 aromatic rings. The molecule has 46 heavy (non-hydrogen) atoms. The fourth-order valence-electron chi connectivity index (χ4n) is 6.67. The van der Waals surface area contributed by atoms with Crippen molar-refractivity contribution in [2.24, 2.45) is 11.8 Å². The second-order valence-corrected chi connectivity index (χ2v) is 13.1. The van der Waals surface area contributed by atoms with Gasteiger partial charge in [0.1, 0.15) is 0 Å². The maximum atomic E-state index is 13.0. The van der Waals surface area contributed by atoms with Crippen LogP contribution in [-0.2, 0) is 9.59 Å². The topological polar surface area (TPSA) is 112 Å². The molecule has 6 amide bonds. The lowest BCUT2D eigenvalue weighted by atomic mass is 10.0. The molecule has 2 aromatic carbocycles. The van der Waals surface area contributed by atoms with E-state index in [2.05, 4.69) is 34.5 Å². The van der Waals surface area contributed by atoms with Crippen LogP contribution in [-0.4, -0.2) is 146 Å². The Labute approximate surface area is 271 Å². The average molecular weight is 631 g/mol. The minimum absolute atomic E-state index is 0.0386. The van der Waals surface area contributed by atoms with Crippen molar-refractivity contribution < 1.29 is 19.2 Å². The van der Waals surface area contributed by atoms with Crippen molar-refractivity contribution in [3.8, 4) is 11.1 Å². The molecule has 6 rings (SSSR count). The summed E-state index contributed by atoms with van der Waals surface area (Å²) in [5.74, 6) is -0.557. The number of carbonyl (C=O) groups is 4. The van der Waals surface area contributed by atoms with Crippen molar-refractivity contribution in [2.75, 3.05) is 103 Å². The van der Waals surface area contributed by atoms with Gasteiger partial charge in [-0.15, -0.1) is 0 Å². The maximum absolute atomic E-state index is 13.0. The monoisotopic (exact) mass is 630 g/mol. The van der Waals surface area contributed by atoms with Gasteiger partial charge in [0, 0.05) is 89.9 Å². The molecule has 12 nitrogen and oxygen atoms in total. The predicted octanol–water partition coefficient (Wildman–Crippen LogP) is 2.61. The number of hydrogen-bond acceptors (Lipinski definition) is 6. The number of rotatable bonds is 5. The third-order valence-corrected chi connectivity index (χ3v) is 9.84. The van der Waals surface area contributed by atoms with Crippen LogP contribution in [0.2, 0.25) is 0 Å². The molecule has 4 heterocycles. The summed E-state index contributed by atoms with van der Waals surface area (Å²) >= 11 is 0. The van der Waals surface area contributed by atoms with E-state index in [9.17, 15) is 19.2 Å². The third kappa shape index (κ3) is 7.45. The Morgan fingerprint density at radius 1 is 0.500 bits per heavy atom. The lowest BCUT2D eigenvalue weighted by molar-refractivity contribution is -0.120. The SMILES string of the molecule is CN1CCN(C(=O)N2CC[C@@H](C(=O)Nc3ccc(-c4ccc(NC(=O)[C@H]5CCN(C(=O)N6CCN(C)CC6)C5)cc4)cc3)C2)CC1. The molecule has 0 aromatic heterocycles. The number of amides is 6. The Hall–Kier alpha value is -4.16. The Kier molecular flexibility index (Phi) is 9.74. The van der Waals surface area contributed by atoms with E-state index in [0.29, 0.717) is 39.0 Å². The predicted molar refractivity (Wildman–Crippen MR) is 177 cm³/mol. The Balaban J connectivity index is 0.954. The summed E-state index contributed by atoms with van der Waals surface area (Å²) in [4.78, 5) is 63.6. The van der Waals surface area contributed by atoms with Crippen LogP contribution in [0.5, 0.6) is 0 Å². The van der Waals surface area contributed by atoms with Crippen LogP contribution in [0.25, 0.3) is 11.1 Å². The van der Waals surface area contributed by atoms with Crippen molar-refractivity contribution in [1.29, 1.82) is 0 Å². The zero-order valence-corrected chi connectivity index (χ0v) is 27.0. The number of likely N-dealkylation sites (tertiary alicyclic amines) is 2. The fourth-order valence-corrected chi connectivity index (χ4v) is 6.67. The number of anilines is 2. The summed E-state index contributed by atoms with van der Waals surface area (Å²) in [6, 6.07) is 15.5. The van der Waals surface area contributed by atoms with Crippen LogP contribution in [0.3, 0.4) is 0 Å². The van der Waals surface area contributed by atoms with E-state index >= 15 is 0 Å². The standard InChI is InChI=1S/C34H46N8O4/c1-37-15-19-39(20-16-37)33(45)41-13-11-27(23-41)31(43)35-29-7-3-25(4-8-29)26-5-9-30(10-6-26)36-32(44)28-12-14-42(24-28)34(46)40-21-17-38(2)18-22-40/h3-10,27-28H,11-24H2,1-2H3,(H,35,43)(H,36,44)/t27-,28+. The van der Waals surface area contributed by atoms with Gasteiger partial charge in [0.2, 0.25) is 11.8 Å². The van der Waals surface area contributed by atoms with Gasteiger partial charge in [0.15, 0.2) is 0 Å². The van der Waals surface area contributed by atoms with Gasteiger partial charge in [-0.2, -0.15) is 0 Å². The Morgan fingerprint density at radius 3 is 1.20 bits per heavy atom. The van der Waals surface area contributed by atoms with Gasteiger partial charge in [0.05, 0.1) is 11.8 Å². The van der Waals surface area contributed by atoms with E-state index in [1.165, 1.54) is 0 Å². The number of likely N-dealkylation sites (N-methyl/N-ethyl adjacent to an activating group) is 2. The highest BCUT2D eigenvalue weighted by molar-refractivity contribution is 5.94. The second kappa shape index (κ2) is 14.1. The molecule has 0 radical (unpaired) electrons. The highest BCUT2D eigenvalue weighted by Crippen LogP contribution is 2.26. The zero-order chi connectivity index (χ0) is 32.2. The zero-order valence-electron chi connectivity index (χ0n) is 27.0. The van der Waals surface area contributed by atoms with E-state index in [4.69, 9.17) is 0 Å². The first kappa shape index (κ1) is 31.8. The van der Waals surface area contributed by atoms with Gasteiger partial charge >= 0.3 is 12.1 Å². The van der Waals surface area contributed by atoms with Gasteiger partial charge in [-0.05, 0) is 62.3 Å². The average Bonchev–Trinajstić information content (AvgIpc) is 3.77. The molecule has 2 atom stereocenters. The maximum Gasteiger partial charge on any atom is 0.320 e. The van der Waals surface area contributed by atoms with Crippen molar-refractivity contribution in [2.45, 2.75) is 12.8 Å². The highest BCUT2D eigenvalue weighted by Gasteiger charge is 2.35. The van der Waals surface area contributed by atoms with E-state index in [1.807, 2.05) is 68.1 Å². The third-order valence-electron chi connectivity index (χ3n) is 9.84. The lowest BCUT2D eigenvalue weighted by Gasteiger charge is -2.34.